The Balaban J connectivity index is 2.06. The number of piperidine rings is 1. The number of rotatable bonds is 5. The molecule has 0 aliphatic carbocycles. The molecule has 1 heterocycles. The fourth-order valence-electron chi connectivity index (χ4n) is 2.69. The van der Waals surface area contributed by atoms with E-state index in [2.05, 4.69) is 10.2 Å². The van der Waals surface area contributed by atoms with Crippen LogP contribution >= 0.6 is 0 Å². The minimum absolute atomic E-state index is 0.168. The van der Waals surface area contributed by atoms with Crippen molar-refractivity contribution in [3.63, 3.8) is 0 Å². The molecule has 4 heteroatoms. The van der Waals surface area contributed by atoms with Crippen molar-refractivity contribution in [2.75, 3.05) is 31.6 Å². The van der Waals surface area contributed by atoms with Gasteiger partial charge in [0.15, 0.2) is 0 Å². The van der Waals surface area contributed by atoms with Gasteiger partial charge < -0.3 is 15.0 Å². The molecule has 0 atom stereocenters. The van der Waals surface area contributed by atoms with Crippen molar-refractivity contribution in [1.82, 2.24) is 5.32 Å². The van der Waals surface area contributed by atoms with Crippen LogP contribution in [0.1, 0.15) is 25.3 Å². The Morgan fingerprint density at radius 3 is 2.74 bits per heavy atom. The summed E-state index contributed by atoms with van der Waals surface area (Å²) in [5.41, 5.74) is 2.17. The molecule has 1 aliphatic heterocycles. The van der Waals surface area contributed by atoms with Crippen LogP contribution in [0.15, 0.2) is 18.2 Å². The molecular formula is C15H23FN2O. The van der Waals surface area contributed by atoms with E-state index < -0.39 is 0 Å². The Morgan fingerprint density at radius 2 is 2.11 bits per heavy atom. The van der Waals surface area contributed by atoms with Crippen molar-refractivity contribution in [2.45, 2.75) is 32.4 Å². The Kier molecular flexibility index (Phi) is 5.16. The topological polar surface area (TPSA) is 24.5 Å². The first kappa shape index (κ1) is 14.3. The van der Waals surface area contributed by atoms with E-state index in [1.54, 1.807) is 12.1 Å². The molecule has 1 fully saturated rings. The summed E-state index contributed by atoms with van der Waals surface area (Å²) in [7, 11) is 1.88. The Hall–Kier alpha value is -1.13. The van der Waals surface area contributed by atoms with E-state index in [9.17, 15) is 4.39 Å². The van der Waals surface area contributed by atoms with Gasteiger partial charge in [0.1, 0.15) is 5.82 Å². The highest BCUT2D eigenvalue weighted by atomic mass is 19.1. The first-order chi connectivity index (χ1) is 9.24. The predicted octanol–water partition coefficient (Wildman–Crippen LogP) is 2.55. The van der Waals surface area contributed by atoms with Crippen molar-refractivity contribution < 1.29 is 9.13 Å². The van der Waals surface area contributed by atoms with Crippen molar-refractivity contribution >= 4 is 5.69 Å². The van der Waals surface area contributed by atoms with Crippen molar-refractivity contribution in [3.8, 4) is 0 Å². The van der Waals surface area contributed by atoms with Gasteiger partial charge in [-0.25, -0.2) is 4.39 Å². The first-order valence-electron chi connectivity index (χ1n) is 7.04. The van der Waals surface area contributed by atoms with Gasteiger partial charge in [-0.2, -0.15) is 0 Å². The number of halogens is 1. The second-order valence-corrected chi connectivity index (χ2v) is 4.95. The van der Waals surface area contributed by atoms with Gasteiger partial charge in [-0.05, 0) is 50.6 Å². The quantitative estimate of drug-likeness (QED) is 0.886. The average Bonchev–Trinajstić information content (AvgIpc) is 2.41. The maximum absolute atomic E-state index is 13.3. The van der Waals surface area contributed by atoms with Crippen molar-refractivity contribution in [3.05, 3.63) is 29.6 Å². The molecule has 1 aliphatic rings. The second kappa shape index (κ2) is 6.87. The van der Waals surface area contributed by atoms with E-state index >= 15 is 0 Å². The molecule has 1 saturated heterocycles. The van der Waals surface area contributed by atoms with Gasteiger partial charge in [-0.1, -0.05) is 0 Å². The van der Waals surface area contributed by atoms with Crippen molar-refractivity contribution in [1.29, 1.82) is 0 Å². The molecule has 0 unspecified atom stereocenters. The van der Waals surface area contributed by atoms with Gasteiger partial charge in [-0.3, -0.25) is 0 Å². The van der Waals surface area contributed by atoms with Crippen LogP contribution in [0, 0.1) is 5.82 Å². The average molecular weight is 266 g/mol. The van der Waals surface area contributed by atoms with Gasteiger partial charge in [0.2, 0.25) is 0 Å². The zero-order chi connectivity index (χ0) is 13.7. The summed E-state index contributed by atoms with van der Waals surface area (Å²) in [5.74, 6) is -0.168. The number of hydrogen-bond acceptors (Lipinski definition) is 3. The van der Waals surface area contributed by atoms with E-state index in [-0.39, 0.29) is 5.82 Å². The maximum atomic E-state index is 13.3. The van der Waals surface area contributed by atoms with Gasteiger partial charge in [-0.15, -0.1) is 0 Å². The number of nitrogens with zero attached hydrogens (tertiary/aromatic N) is 1. The number of hydrogen-bond donors (Lipinski definition) is 1. The highest BCUT2D eigenvalue weighted by Gasteiger charge is 2.21. The standard InChI is InChI=1S/C15H23FN2O/c1-3-19-14-6-8-18(9-7-14)15-5-4-13(16)10-12(15)11-17-2/h4-5,10,14,17H,3,6-9,11H2,1-2H3. The smallest absolute Gasteiger partial charge is 0.123 e. The SMILES string of the molecule is CCOC1CCN(c2ccc(F)cc2CNC)CC1. The van der Waals surface area contributed by atoms with Crippen LogP contribution in [-0.4, -0.2) is 32.8 Å². The summed E-state index contributed by atoms with van der Waals surface area (Å²) in [4.78, 5) is 2.33. The van der Waals surface area contributed by atoms with E-state index in [0.717, 1.165) is 43.8 Å². The Morgan fingerprint density at radius 1 is 1.37 bits per heavy atom. The summed E-state index contributed by atoms with van der Waals surface area (Å²) in [6.07, 6.45) is 2.48. The second-order valence-electron chi connectivity index (χ2n) is 4.95. The fourth-order valence-corrected chi connectivity index (χ4v) is 2.69. The molecule has 106 valence electrons. The summed E-state index contributed by atoms with van der Waals surface area (Å²) in [5, 5.41) is 3.10. The molecule has 0 radical (unpaired) electrons. The van der Waals surface area contributed by atoms with Crippen LogP contribution in [0.3, 0.4) is 0 Å². The monoisotopic (exact) mass is 266 g/mol. The minimum Gasteiger partial charge on any atom is -0.378 e. The zero-order valence-corrected chi connectivity index (χ0v) is 11.8. The van der Waals surface area contributed by atoms with Gasteiger partial charge >= 0.3 is 0 Å². The molecule has 0 aromatic heterocycles. The third kappa shape index (κ3) is 3.67. The van der Waals surface area contributed by atoms with Gasteiger partial charge in [0.25, 0.3) is 0 Å². The maximum Gasteiger partial charge on any atom is 0.123 e. The molecule has 3 nitrogen and oxygen atoms in total. The minimum atomic E-state index is -0.168. The number of ether oxygens (including phenoxy) is 1. The lowest BCUT2D eigenvalue weighted by Gasteiger charge is -2.34. The van der Waals surface area contributed by atoms with Crippen LogP contribution in [0.5, 0.6) is 0 Å². The summed E-state index contributed by atoms with van der Waals surface area (Å²) in [6, 6.07) is 5.06. The summed E-state index contributed by atoms with van der Waals surface area (Å²) >= 11 is 0. The van der Waals surface area contributed by atoms with E-state index in [4.69, 9.17) is 4.74 Å². The summed E-state index contributed by atoms with van der Waals surface area (Å²) < 4.78 is 19.0. The Labute approximate surface area is 114 Å². The van der Waals surface area contributed by atoms with E-state index in [1.165, 1.54) is 0 Å². The number of benzene rings is 1. The van der Waals surface area contributed by atoms with Crippen LogP contribution < -0.4 is 10.2 Å². The van der Waals surface area contributed by atoms with E-state index in [1.807, 2.05) is 20.0 Å². The third-order valence-corrected chi connectivity index (χ3v) is 3.59. The molecule has 0 amide bonds. The Bertz CT molecular complexity index is 403. The molecule has 2 rings (SSSR count). The van der Waals surface area contributed by atoms with Crippen LogP contribution in [0.2, 0.25) is 0 Å². The molecule has 1 aromatic carbocycles. The lowest BCUT2D eigenvalue weighted by atomic mass is 10.0. The fraction of sp³-hybridized carbons (Fsp3) is 0.600. The first-order valence-corrected chi connectivity index (χ1v) is 7.04. The highest BCUT2D eigenvalue weighted by Crippen LogP contribution is 2.26. The molecule has 0 spiro atoms. The van der Waals surface area contributed by atoms with Gasteiger partial charge in [0, 0.05) is 31.9 Å². The molecule has 1 aromatic rings. The number of anilines is 1. The highest BCUT2D eigenvalue weighted by molar-refractivity contribution is 5.54. The summed E-state index contributed by atoms with van der Waals surface area (Å²) in [6.45, 7) is 5.47. The van der Waals surface area contributed by atoms with Crippen molar-refractivity contribution in [2.24, 2.45) is 0 Å². The largest absolute Gasteiger partial charge is 0.378 e. The predicted molar refractivity (Wildman–Crippen MR) is 76.0 cm³/mol. The van der Waals surface area contributed by atoms with Crippen LogP contribution in [0.25, 0.3) is 0 Å². The third-order valence-electron chi connectivity index (χ3n) is 3.59. The molecule has 19 heavy (non-hydrogen) atoms. The lowest BCUT2D eigenvalue weighted by molar-refractivity contribution is 0.0459. The van der Waals surface area contributed by atoms with E-state index in [0.29, 0.717) is 12.6 Å². The molecule has 0 bridgehead atoms. The lowest BCUT2D eigenvalue weighted by Crippen LogP contribution is -2.37. The zero-order valence-electron chi connectivity index (χ0n) is 11.8. The van der Waals surface area contributed by atoms with Crippen LogP contribution in [0.4, 0.5) is 10.1 Å². The molecule has 0 saturated carbocycles. The molecular weight excluding hydrogens is 243 g/mol. The molecule has 1 N–H and O–H groups in total. The number of nitrogens with one attached hydrogen (secondary N) is 1. The van der Waals surface area contributed by atoms with Crippen LogP contribution in [-0.2, 0) is 11.3 Å². The normalized spacial score (nSPS) is 16.9. The van der Waals surface area contributed by atoms with Gasteiger partial charge in [0.05, 0.1) is 6.10 Å².